The van der Waals surface area contributed by atoms with Crippen molar-refractivity contribution in [1.82, 2.24) is 25.2 Å². The van der Waals surface area contributed by atoms with Crippen LogP contribution in [0.3, 0.4) is 0 Å². The highest BCUT2D eigenvalue weighted by atomic mass is 19.4. The highest BCUT2D eigenvalue weighted by Gasteiger charge is 2.37. The van der Waals surface area contributed by atoms with Crippen LogP contribution in [0.15, 0.2) is 48.5 Å². The van der Waals surface area contributed by atoms with Crippen molar-refractivity contribution in [3.05, 3.63) is 59.7 Å². The molecule has 0 saturated carbocycles. The number of alkyl halides is 3. The molecule has 2 aromatic carbocycles. The molecule has 3 aromatic rings. The SMILES string of the molecule is O=C(C=Cc1ccc(OC(F)(F)F)cc1)N1CC2CCN(C(=O)c3ccc4n[nH]nc4c3)CCC2C1. The van der Waals surface area contributed by atoms with Crippen LogP contribution in [0.2, 0.25) is 0 Å². The van der Waals surface area contributed by atoms with Gasteiger partial charge < -0.3 is 14.5 Å². The second kappa shape index (κ2) is 9.63. The topological polar surface area (TPSA) is 91.4 Å². The summed E-state index contributed by atoms with van der Waals surface area (Å²) >= 11 is 0. The molecule has 8 nitrogen and oxygen atoms in total. The molecule has 0 aliphatic carbocycles. The van der Waals surface area contributed by atoms with E-state index in [1.54, 1.807) is 24.3 Å². The van der Waals surface area contributed by atoms with Crippen LogP contribution in [0.4, 0.5) is 13.2 Å². The van der Waals surface area contributed by atoms with Crippen LogP contribution in [0, 0.1) is 11.8 Å². The summed E-state index contributed by atoms with van der Waals surface area (Å²) in [4.78, 5) is 29.5. The lowest BCUT2D eigenvalue weighted by molar-refractivity contribution is -0.274. The normalized spacial score (nSPS) is 20.5. The number of hydrogen-bond acceptors (Lipinski definition) is 5. The molecule has 188 valence electrons. The van der Waals surface area contributed by atoms with E-state index in [1.165, 1.54) is 30.3 Å². The van der Waals surface area contributed by atoms with E-state index in [2.05, 4.69) is 20.1 Å². The summed E-state index contributed by atoms with van der Waals surface area (Å²) in [6, 6.07) is 10.6. The van der Waals surface area contributed by atoms with E-state index in [0.29, 0.717) is 60.2 Å². The molecular formula is C25H24F3N5O3. The van der Waals surface area contributed by atoms with Crippen molar-refractivity contribution in [2.45, 2.75) is 19.2 Å². The molecule has 2 atom stereocenters. The average molecular weight is 499 g/mol. The molecule has 2 aliphatic rings. The van der Waals surface area contributed by atoms with E-state index >= 15 is 0 Å². The first kappa shape index (κ1) is 23.8. The lowest BCUT2D eigenvalue weighted by Crippen LogP contribution is -2.33. The van der Waals surface area contributed by atoms with Gasteiger partial charge in [0, 0.05) is 37.8 Å². The maximum Gasteiger partial charge on any atom is 0.573 e. The summed E-state index contributed by atoms with van der Waals surface area (Å²) in [6.45, 7) is 2.50. The first-order chi connectivity index (χ1) is 17.2. The minimum atomic E-state index is -4.74. The van der Waals surface area contributed by atoms with Gasteiger partial charge in [-0.3, -0.25) is 9.59 Å². The van der Waals surface area contributed by atoms with Gasteiger partial charge in [0.05, 0.1) is 0 Å². The molecule has 11 heteroatoms. The zero-order valence-corrected chi connectivity index (χ0v) is 19.2. The average Bonchev–Trinajstić information content (AvgIpc) is 3.44. The second-order valence-electron chi connectivity index (χ2n) is 9.11. The fourth-order valence-electron chi connectivity index (χ4n) is 4.94. The number of carbonyl (C=O) groups excluding carboxylic acids is 2. The second-order valence-corrected chi connectivity index (χ2v) is 9.11. The summed E-state index contributed by atoms with van der Waals surface area (Å²) in [7, 11) is 0. The highest BCUT2D eigenvalue weighted by molar-refractivity contribution is 5.97. The molecule has 0 spiro atoms. The molecule has 0 radical (unpaired) electrons. The largest absolute Gasteiger partial charge is 0.573 e. The molecule has 5 rings (SSSR count). The monoisotopic (exact) mass is 499 g/mol. The predicted octanol–water partition coefficient (Wildman–Crippen LogP) is 3.88. The summed E-state index contributed by atoms with van der Waals surface area (Å²) in [5, 5.41) is 10.6. The molecule has 2 amide bonds. The minimum absolute atomic E-state index is 0.0256. The van der Waals surface area contributed by atoms with E-state index in [-0.39, 0.29) is 17.6 Å². The van der Waals surface area contributed by atoms with Gasteiger partial charge in [0.25, 0.3) is 5.91 Å². The van der Waals surface area contributed by atoms with Gasteiger partial charge in [-0.25, -0.2) is 0 Å². The summed E-state index contributed by atoms with van der Waals surface area (Å²) in [5.74, 6) is 0.167. The zero-order chi connectivity index (χ0) is 25.3. The van der Waals surface area contributed by atoms with Crippen LogP contribution in [0.25, 0.3) is 17.1 Å². The van der Waals surface area contributed by atoms with Crippen LogP contribution in [0.1, 0.15) is 28.8 Å². The maximum atomic E-state index is 13.0. The quantitative estimate of drug-likeness (QED) is 0.551. The van der Waals surface area contributed by atoms with Crippen molar-refractivity contribution < 1.29 is 27.5 Å². The number of halogens is 3. The number of hydrogen-bond donors (Lipinski definition) is 1. The number of benzene rings is 2. The number of nitrogens with zero attached hydrogens (tertiary/aromatic N) is 4. The number of carbonyl (C=O) groups is 2. The fourth-order valence-corrected chi connectivity index (χ4v) is 4.94. The Labute approximate surface area is 204 Å². The Kier molecular flexibility index (Phi) is 6.38. The van der Waals surface area contributed by atoms with E-state index in [1.807, 2.05) is 9.80 Å². The van der Waals surface area contributed by atoms with Gasteiger partial charge in [-0.05, 0) is 66.6 Å². The van der Waals surface area contributed by atoms with E-state index in [4.69, 9.17) is 0 Å². The lowest BCUT2D eigenvalue weighted by Gasteiger charge is -2.22. The number of nitrogens with one attached hydrogen (secondary N) is 1. The molecule has 1 N–H and O–H groups in total. The zero-order valence-electron chi connectivity index (χ0n) is 19.2. The van der Waals surface area contributed by atoms with E-state index < -0.39 is 6.36 Å². The first-order valence-corrected chi connectivity index (χ1v) is 11.7. The fraction of sp³-hybridized carbons (Fsp3) is 0.360. The van der Waals surface area contributed by atoms with Crippen LogP contribution in [-0.4, -0.2) is 69.6 Å². The molecule has 3 heterocycles. The predicted molar refractivity (Wildman–Crippen MR) is 125 cm³/mol. The summed E-state index contributed by atoms with van der Waals surface area (Å²) in [5.41, 5.74) is 2.55. The number of aromatic amines is 1. The standard InChI is InChI=1S/C25H24F3N5O3/c26-25(27,28)36-20-5-1-16(2-6-20)3-8-23(34)33-14-18-9-11-32(12-10-19(18)15-33)24(35)17-4-7-21-22(13-17)30-31-29-21/h1-8,13,18-19H,9-12,14-15H2,(H,29,30,31). The van der Waals surface area contributed by atoms with Crippen molar-refractivity contribution in [2.24, 2.45) is 11.8 Å². The number of aromatic nitrogens is 3. The van der Waals surface area contributed by atoms with Crippen LogP contribution in [0.5, 0.6) is 5.75 Å². The smallest absolute Gasteiger partial charge is 0.406 e. The third-order valence-electron chi connectivity index (χ3n) is 6.81. The first-order valence-electron chi connectivity index (χ1n) is 11.7. The summed E-state index contributed by atoms with van der Waals surface area (Å²) in [6.07, 6.45) is -0.0800. The molecule has 1 aromatic heterocycles. The van der Waals surface area contributed by atoms with Gasteiger partial charge in [0.1, 0.15) is 16.8 Å². The van der Waals surface area contributed by atoms with Crippen LogP contribution >= 0.6 is 0 Å². The number of fused-ring (bicyclic) bond motifs is 2. The molecule has 2 aliphatic heterocycles. The van der Waals surface area contributed by atoms with Crippen molar-refractivity contribution in [1.29, 1.82) is 0 Å². The Morgan fingerprint density at radius 3 is 2.28 bits per heavy atom. The minimum Gasteiger partial charge on any atom is -0.406 e. The molecule has 36 heavy (non-hydrogen) atoms. The van der Waals surface area contributed by atoms with E-state index in [0.717, 1.165) is 12.8 Å². The number of amides is 2. The van der Waals surface area contributed by atoms with Gasteiger partial charge in [-0.1, -0.05) is 12.1 Å². The van der Waals surface area contributed by atoms with Crippen LogP contribution in [-0.2, 0) is 4.79 Å². The van der Waals surface area contributed by atoms with E-state index in [9.17, 15) is 22.8 Å². The van der Waals surface area contributed by atoms with Gasteiger partial charge in [-0.15, -0.1) is 13.2 Å². The number of H-pyrrole nitrogens is 1. The number of likely N-dealkylation sites (tertiary alicyclic amines) is 2. The number of ether oxygens (including phenoxy) is 1. The Bertz CT molecular complexity index is 1270. The molecule has 0 bridgehead atoms. The Balaban J connectivity index is 1.15. The Morgan fingerprint density at radius 1 is 0.944 bits per heavy atom. The molecule has 2 unspecified atom stereocenters. The van der Waals surface area contributed by atoms with Crippen molar-refractivity contribution in [3.63, 3.8) is 0 Å². The van der Waals surface area contributed by atoms with Crippen molar-refractivity contribution >= 4 is 28.9 Å². The molecule has 2 fully saturated rings. The van der Waals surface area contributed by atoms with Gasteiger partial charge in [0.2, 0.25) is 5.91 Å². The van der Waals surface area contributed by atoms with Gasteiger partial charge >= 0.3 is 6.36 Å². The van der Waals surface area contributed by atoms with Crippen molar-refractivity contribution in [2.75, 3.05) is 26.2 Å². The maximum absolute atomic E-state index is 13.0. The molecular weight excluding hydrogens is 475 g/mol. The van der Waals surface area contributed by atoms with Crippen molar-refractivity contribution in [3.8, 4) is 5.75 Å². The highest BCUT2D eigenvalue weighted by Crippen LogP contribution is 2.32. The third kappa shape index (κ3) is 5.34. The third-order valence-corrected chi connectivity index (χ3v) is 6.81. The van der Waals surface area contributed by atoms with Gasteiger partial charge in [-0.2, -0.15) is 15.4 Å². The lowest BCUT2D eigenvalue weighted by atomic mass is 9.92. The Morgan fingerprint density at radius 2 is 1.61 bits per heavy atom. The van der Waals surface area contributed by atoms with Crippen LogP contribution < -0.4 is 4.74 Å². The van der Waals surface area contributed by atoms with Gasteiger partial charge in [0.15, 0.2) is 0 Å². The number of rotatable bonds is 4. The Hall–Kier alpha value is -3.89. The molecule has 2 saturated heterocycles. The summed E-state index contributed by atoms with van der Waals surface area (Å²) < 4.78 is 40.7.